The number of hydrogen-bond acceptors (Lipinski definition) is 3. The monoisotopic (exact) mass is 218 g/mol. The summed E-state index contributed by atoms with van der Waals surface area (Å²) in [5.41, 5.74) is 0. The van der Waals surface area contributed by atoms with Gasteiger partial charge in [0.15, 0.2) is 0 Å². The van der Waals surface area contributed by atoms with Gasteiger partial charge < -0.3 is 14.3 Å². The maximum atomic E-state index is 9.74. The lowest BCUT2D eigenvalue weighted by Gasteiger charge is -2.32. The number of nitrogens with zero attached hydrogens (tertiary/aromatic N) is 2. The van der Waals surface area contributed by atoms with Gasteiger partial charge in [-0.1, -0.05) is 0 Å². The van der Waals surface area contributed by atoms with Crippen molar-refractivity contribution in [3.63, 3.8) is 0 Å². The highest BCUT2D eigenvalue weighted by molar-refractivity contribution is 7.43. The second kappa shape index (κ2) is 7.14. The molecule has 0 heterocycles. The van der Waals surface area contributed by atoms with Crippen LogP contribution >= 0.6 is 8.53 Å². The predicted molar refractivity (Wildman–Crippen MR) is 58.7 cm³/mol. The summed E-state index contributed by atoms with van der Waals surface area (Å²) < 4.78 is 7.12. The van der Waals surface area contributed by atoms with Crippen molar-refractivity contribution in [1.82, 2.24) is 4.67 Å². The fourth-order valence-corrected chi connectivity index (χ4v) is 2.39. The Hall–Kier alpha value is -0.200. The highest BCUT2D eigenvalue weighted by atomic mass is 31.2. The Balaban J connectivity index is 4.03. The first-order valence-electron chi connectivity index (χ1n) is 4.74. The van der Waals surface area contributed by atoms with Crippen molar-refractivity contribution in [3.05, 3.63) is 11.4 Å². The van der Waals surface area contributed by atoms with Gasteiger partial charge >= 0.3 is 0 Å². The van der Waals surface area contributed by atoms with Crippen LogP contribution in [0.25, 0.3) is 4.85 Å². The van der Waals surface area contributed by atoms with Crippen LogP contribution in [0.4, 0.5) is 0 Å². The van der Waals surface area contributed by atoms with Gasteiger partial charge in [0.25, 0.3) is 8.53 Å². The van der Waals surface area contributed by atoms with Gasteiger partial charge in [-0.3, -0.25) is 0 Å². The highest BCUT2D eigenvalue weighted by Gasteiger charge is 2.23. The Morgan fingerprint density at radius 3 is 2.21 bits per heavy atom. The molecule has 0 saturated heterocycles. The fraction of sp³-hybridized carbons (Fsp3) is 0.889. The SMILES string of the molecule is [C-]#[N+]CCOP(O)N(C(C)C)C(C)C. The van der Waals surface area contributed by atoms with Gasteiger partial charge in [-0.05, 0) is 27.7 Å². The standard InChI is InChI=1S/C9H19N2O2P/c1-8(2)11(9(3)4)14(12)13-7-6-10-5/h8-9,12H,6-7H2,1-4H3. The first-order valence-corrected chi connectivity index (χ1v) is 5.90. The first-order chi connectivity index (χ1) is 6.50. The van der Waals surface area contributed by atoms with E-state index in [-0.39, 0.29) is 12.1 Å². The molecule has 0 aromatic heterocycles. The van der Waals surface area contributed by atoms with Crippen molar-refractivity contribution >= 4 is 8.53 Å². The van der Waals surface area contributed by atoms with E-state index in [9.17, 15) is 4.89 Å². The summed E-state index contributed by atoms with van der Waals surface area (Å²) in [6.45, 7) is 15.3. The lowest BCUT2D eigenvalue weighted by atomic mass is 10.3. The Bertz CT molecular complexity index is 184. The normalized spacial score (nSPS) is 13.6. The molecule has 14 heavy (non-hydrogen) atoms. The van der Waals surface area contributed by atoms with Crippen LogP contribution in [0.2, 0.25) is 0 Å². The molecule has 0 aliphatic carbocycles. The Labute approximate surface area is 87.7 Å². The second-order valence-corrected chi connectivity index (χ2v) is 4.76. The number of hydrogen-bond donors (Lipinski definition) is 1. The zero-order chi connectivity index (χ0) is 11.1. The van der Waals surface area contributed by atoms with E-state index < -0.39 is 8.53 Å². The molecule has 0 bridgehead atoms. The van der Waals surface area contributed by atoms with Gasteiger partial charge in [-0.15, -0.1) is 0 Å². The molecule has 0 rings (SSSR count). The molecule has 0 aliphatic heterocycles. The van der Waals surface area contributed by atoms with Gasteiger partial charge in [-0.25, -0.2) is 11.2 Å². The molecule has 0 aromatic rings. The van der Waals surface area contributed by atoms with Crippen LogP contribution in [-0.2, 0) is 4.52 Å². The molecule has 1 N–H and O–H groups in total. The van der Waals surface area contributed by atoms with Crippen LogP contribution in [0, 0.1) is 6.57 Å². The van der Waals surface area contributed by atoms with Crippen molar-refractivity contribution in [2.24, 2.45) is 0 Å². The zero-order valence-electron chi connectivity index (χ0n) is 9.27. The van der Waals surface area contributed by atoms with E-state index in [0.717, 1.165) is 0 Å². The van der Waals surface area contributed by atoms with Crippen LogP contribution in [0.1, 0.15) is 27.7 Å². The average molecular weight is 218 g/mol. The van der Waals surface area contributed by atoms with Crippen molar-refractivity contribution in [3.8, 4) is 0 Å². The summed E-state index contributed by atoms with van der Waals surface area (Å²) in [5, 5.41) is 0. The molecule has 0 fully saturated rings. The molecule has 0 spiro atoms. The largest absolute Gasteiger partial charge is 0.338 e. The predicted octanol–water partition coefficient (Wildman–Crippen LogP) is 2.26. The molecule has 4 nitrogen and oxygen atoms in total. The zero-order valence-corrected chi connectivity index (χ0v) is 10.2. The lowest BCUT2D eigenvalue weighted by molar-refractivity contribution is 0.218. The minimum atomic E-state index is -1.54. The molecule has 0 radical (unpaired) electrons. The summed E-state index contributed by atoms with van der Waals surface area (Å²) in [6.07, 6.45) is 0. The van der Waals surface area contributed by atoms with E-state index in [4.69, 9.17) is 11.1 Å². The van der Waals surface area contributed by atoms with E-state index >= 15 is 0 Å². The Kier molecular flexibility index (Phi) is 7.04. The highest BCUT2D eigenvalue weighted by Crippen LogP contribution is 2.40. The maximum Gasteiger partial charge on any atom is 0.256 e. The summed E-state index contributed by atoms with van der Waals surface area (Å²) in [5.74, 6) is 0. The molecular formula is C9H19N2O2P. The molecule has 0 saturated carbocycles. The van der Waals surface area contributed by atoms with Crippen molar-refractivity contribution in [2.75, 3.05) is 13.2 Å². The molecule has 1 atom stereocenters. The van der Waals surface area contributed by atoms with Crippen LogP contribution < -0.4 is 0 Å². The summed E-state index contributed by atoms with van der Waals surface area (Å²) in [7, 11) is -1.54. The van der Waals surface area contributed by atoms with E-state index in [0.29, 0.717) is 13.2 Å². The van der Waals surface area contributed by atoms with Crippen LogP contribution in [0.3, 0.4) is 0 Å². The Morgan fingerprint density at radius 1 is 1.36 bits per heavy atom. The van der Waals surface area contributed by atoms with Gasteiger partial charge in [0.2, 0.25) is 6.54 Å². The third-order valence-corrected chi connectivity index (χ3v) is 3.40. The third kappa shape index (κ3) is 4.88. The van der Waals surface area contributed by atoms with Crippen molar-refractivity contribution in [1.29, 1.82) is 0 Å². The molecule has 82 valence electrons. The van der Waals surface area contributed by atoms with E-state index in [1.165, 1.54) is 0 Å². The quantitative estimate of drug-likeness (QED) is 0.422. The van der Waals surface area contributed by atoms with E-state index in [1.807, 2.05) is 32.4 Å². The van der Waals surface area contributed by atoms with Crippen LogP contribution in [0.5, 0.6) is 0 Å². The van der Waals surface area contributed by atoms with Crippen LogP contribution in [-0.4, -0.2) is 34.8 Å². The van der Waals surface area contributed by atoms with Crippen LogP contribution in [0.15, 0.2) is 0 Å². The van der Waals surface area contributed by atoms with E-state index in [2.05, 4.69) is 4.85 Å². The summed E-state index contributed by atoms with van der Waals surface area (Å²) in [6, 6.07) is 0.498. The van der Waals surface area contributed by atoms with Crippen molar-refractivity contribution in [2.45, 2.75) is 39.8 Å². The average Bonchev–Trinajstić information content (AvgIpc) is 2.03. The molecular weight excluding hydrogens is 199 g/mol. The molecule has 5 heteroatoms. The van der Waals surface area contributed by atoms with Gasteiger partial charge in [0.05, 0.1) is 0 Å². The summed E-state index contributed by atoms with van der Waals surface area (Å²) in [4.78, 5) is 12.9. The summed E-state index contributed by atoms with van der Waals surface area (Å²) >= 11 is 0. The third-order valence-electron chi connectivity index (χ3n) is 1.67. The molecule has 0 aliphatic rings. The maximum absolute atomic E-state index is 9.74. The number of rotatable bonds is 6. The minimum Gasteiger partial charge on any atom is -0.338 e. The molecule has 0 amide bonds. The minimum absolute atomic E-state index is 0.249. The van der Waals surface area contributed by atoms with Gasteiger partial charge in [0.1, 0.15) is 6.61 Å². The Morgan fingerprint density at radius 2 is 1.86 bits per heavy atom. The molecule has 1 unspecified atom stereocenters. The first kappa shape index (κ1) is 13.8. The van der Waals surface area contributed by atoms with Gasteiger partial charge in [0, 0.05) is 12.1 Å². The topological polar surface area (TPSA) is 37.1 Å². The van der Waals surface area contributed by atoms with E-state index in [1.54, 1.807) is 0 Å². The fourth-order valence-electron chi connectivity index (χ4n) is 1.23. The molecule has 0 aromatic carbocycles. The smallest absolute Gasteiger partial charge is 0.256 e. The lowest BCUT2D eigenvalue weighted by Crippen LogP contribution is -2.32. The van der Waals surface area contributed by atoms with Crippen molar-refractivity contribution < 1.29 is 9.42 Å². The van der Waals surface area contributed by atoms with Gasteiger partial charge in [-0.2, -0.15) is 0 Å². The second-order valence-electron chi connectivity index (χ2n) is 3.54.